The van der Waals surface area contributed by atoms with E-state index in [0.29, 0.717) is 5.92 Å². The average Bonchev–Trinajstić information content (AvgIpc) is 2.18. The van der Waals surface area contributed by atoms with Gasteiger partial charge in [-0.05, 0) is 37.8 Å². The van der Waals surface area contributed by atoms with E-state index in [-0.39, 0.29) is 0 Å². The molecule has 0 aromatic rings. The summed E-state index contributed by atoms with van der Waals surface area (Å²) in [6.07, 6.45) is 3.59. The van der Waals surface area contributed by atoms with Crippen LogP contribution in [0, 0.1) is 5.92 Å². The molecule has 0 aliphatic carbocycles. The van der Waals surface area contributed by atoms with Crippen molar-refractivity contribution < 1.29 is 0 Å². The fourth-order valence-electron chi connectivity index (χ4n) is 1.42. The summed E-state index contributed by atoms with van der Waals surface area (Å²) in [6.45, 7) is 6.16. The van der Waals surface area contributed by atoms with Crippen molar-refractivity contribution in [1.82, 2.24) is 5.32 Å². The molecule has 3 heteroatoms. The predicted molar refractivity (Wildman–Crippen MR) is 66.2 cm³/mol. The fourth-order valence-corrected chi connectivity index (χ4v) is 1.81. The summed E-state index contributed by atoms with van der Waals surface area (Å²) in [5, 5.41) is 3.39. The standard InChI is InChI=1S/C11H21Cl2N/c1-3-4-11(5-6-12)9-14-8-10(2)7-13/h7,11,14H,3-6,8-9H2,1-2H3. The number of alkyl halides is 1. The van der Waals surface area contributed by atoms with Crippen molar-refractivity contribution in [1.29, 1.82) is 0 Å². The van der Waals surface area contributed by atoms with Crippen LogP contribution in [0.5, 0.6) is 0 Å². The zero-order valence-corrected chi connectivity index (χ0v) is 10.7. The van der Waals surface area contributed by atoms with Crippen molar-refractivity contribution >= 4 is 23.2 Å². The van der Waals surface area contributed by atoms with E-state index < -0.39 is 0 Å². The van der Waals surface area contributed by atoms with E-state index in [1.54, 1.807) is 5.54 Å². The van der Waals surface area contributed by atoms with E-state index >= 15 is 0 Å². The lowest BCUT2D eigenvalue weighted by Crippen LogP contribution is -2.24. The average molecular weight is 238 g/mol. The first kappa shape index (κ1) is 14.3. The molecule has 1 atom stereocenters. The van der Waals surface area contributed by atoms with Crippen LogP contribution in [0.2, 0.25) is 0 Å². The Hall–Kier alpha value is 0.280. The zero-order chi connectivity index (χ0) is 10.8. The number of nitrogens with one attached hydrogen (secondary N) is 1. The van der Waals surface area contributed by atoms with Gasteiger partial charge >= 0.3 is 0 Å². The molecule has 1 nitrogen and oxygen atoms in total. The van der Waals surface area contributed by atoms with Crippen LogP contribution in [0.25, 0.3) is 0 Å². The minimum Gasteiger partial charge on any atom is -0.313 e. The topological polar surface area (TPSA) is 12.0 Å². The number of hydrogen-bond acceptors (Lipinski definition) is 1. The van der Waals surface area contributed by atoms with E-state index in [4.69, 9.17) is 23.2 Å². The van der Waals surface area contributed by atoms with E-state index in [1.807, 2.05) is 6.92 Å². The van der Waals surface area contributed by atoms with Gasteiger partial charge in [0.25, 0.3) is 0 Å². The van der Waals surface area contributed by atoms with Crippen molar-refractivity contribution in [3.63, 3.8) is 0 Å². The Bertz CT molecular complexity index is 151. The molecule has 0 aliphatic rings. The molecule has 0 bridgehead atoms. The molecule has 0 rings (SSSR count). The highest BCUT2D eigenvalue weighted by atomic mass is 35.5. The van der Waals surface area contributed by atoms with Crippen molar-refractivity contribution in [3.8, 4) is 0 Å². The second-order valence-electron chi connectivity index (χ2n) is 3.72. The molecule has 1 unspecified atom stereocenters. The van der Waals surface area contributed by atoms with Crippen molar-refractivity contribution in [2.24, 2.45) is 5.92 Å². The molecule has 0 spiro atoms. The lowest BCUT2D eigenvalue weighted by molar-refractivity contribution is 0.438. The van der Waals surface area contributed by atoms with Crippen LogP contribution in [0.1, 0.15) is 33.1 Å². The van der Waals surface area contributed by atoms with Crippen LogP contribution in [-0.4, -0.2) is 19.0 Å². The quantitative estimate of drug-likeness (QED) is 0.635. The molecule has 1 N–H and O–H groups in total. The van der Waals surface area contributed by atoms with Gasteiger partial charge in [0.2, 0.25) is 0 Å². The second kappa shape index (κ2) is 9.82. The summed E-state index contributed by atoms with van der Waals surface area (Å²) in [6, 6.07) is 0. The van der Waals surface area contributed by atoms with Gasteiger partial charge in [-0.2, -0.15) is 0 Å². The third-order valence-corrected chi connectivity index (χ3v) is 2.83. The Morgan fingerprint density at radius 3 is 2.64 bits per heavy atom. The lowest BCUT2D eigenvalue weighted by atomic mass is 10.0. The van der Waals surface area contributed by atoms with E-state index in [2.05, 4.69) is 12.2 Å². The number of halogens is 2. The van der Waals surface area contributed by atoms with Gasteiger partial charge in [-0.25, -0.2) is 0 Å². The Morgan fingerprint density at radius 1 is 1.43 bits per heavy atom. The van der Waals surface area contributed by atoms with Crippen LogP contribution in [0.4, 0.5) is 0 Å². The maximum Gasteiger partial charge on any atom is 0.0226 e. The van der Waals surface area contributed by atoms with Crippen LogP contribution in [-0.2, 0) is 0 Å². The maximum atomic E-state index is 5.74. The van der Waals surface area contributed by atoms with Crippen molar-refractivity contribution in [2.75, 3.05) is 19.0 Å². The molecule has 0 aliphatic heterocycles. The zero-order valence-electron chi connectivity index (χ0n) is 9.15. The molecule has 84 valence electrons. The summed E-state index contributed by atoms with van der Waals surface area (Å²) < 4.78 is 0. The highest BCUT2D eigenvalue weighted by molar-refractivity contribution is 6.25. The monoisotopic (exact) mass is 237 g/mol. The molecule has 0 amide bonds. The first-order chi connectivity index (χ1) is 6.74. The highest BCUT2D eigenvalue weighted by Gasteiger charge is 2.05. The van der Waals surface area contributed by atoms with Crippen LogP contribution >= 0.6 is 23.2 Å². The predicted octanol–water partition coefficient (Wildman–Crippen LogP) is 3.76. The van der Waals surface area contributed by atoms with E-state index in [0.717, 1.165) is 25.4 Å². The molecule has 0 aromatic carbocycles. The molecular weight excluding hydrogens is 217 g/mol. The van der Waals surface area contributed by atoms with Gasteiger partial charge in [-0.3, -0.25) is 0 Å². The summed E-state index contributed by atoms with van der Waals surface area (Å²) in [5.41, 5.74) is 2.80. The lowest BCUT2D eigenvalue weighted by Gasteiger charge is -2.15. The molecule has 14 heavy (non-hydrogen) atoms. The third-order valence-electron chi connectivity index (χ3n) is 2.24. The van der Waals surface area contributed by atoms with Gasteiger partial charge in [-0.1, -0.05) is 24.9 Å². The Kier molecular flexibility index (Phi) is 10.0. The third kappa shape index (κ3) is 7.66. The van der Waals surface area contributed by atoms with Gasteiger partial charge in [0.15, 0.2) is 0 Å². The second-order valence-corrected chi connectivity index (χ2v) is 4.31. The molecule has 0 saturated heterocycles. The molecule has 0 aromatic heterocycles. The first-order valence-electron chi connectivity index (χ1n) is 5.27. The molecule has 0 heterocycles. The van der Waals surface area contributed by atoms with Crippen LogP contribution in [0.15, 0.2) is 11.1 Å². The Labute approximate surface area is 97.9 Å². The molecule has 0 saturated carbocycles. The normalized spacial score (nSPS) is 14.4. The van der Waals surface area contributed by atoms with Gasteiger partial charge in [0.1, 0.15) is 0 Å². The minimum absolute atomic E-state index is 0.709. The van der Waals surface area contributed by atoms with Crippen LogP contribution < -0.4 is 5.32 Å². The van der Waals surface area contributed by atoms with E-state index in [1.165, 1.54) is 18.4 Å². The van der Waals surface area contributed by atoms with Gasteiger partial charge in [0, 0.05) is 18.0 Å². The first-order valence-corrected chi connectivity index (χ1v) is 6.24. The molecule has 0 fully saturated rings. The highest BCUT2D eigenvalue weighted by Crippen LogP contribution is 2.10. The largest absolute Gasteiger partial charge is 0.313 e. The van der Waals surface area contributed by atoms with Gasteiger partial charge in [-0.15, -0.1) is 11.6 Å². The van der Waals surface area contributed by atoms with Crippen molar-refractivity contribution in [2.45, 2.75) is 33.1 Å². The van der Waals surface area contributed by atoms with Gasteiger partial charge < -0.3 is 5.32 Å². The Balaban J connectivity index is 3.59. The van der Waals surface area contributed by atoms with Crippen molar-refractivity contribution in [3.05, 3.63) is 11.1 Å². The smallest absolute Gasteiger partial charge is 0.0226 e. The number of hydrogen-bond donors (Lipinski definition) is 1. The summed E-state index contributed by atoms with van der Waals surface area (Å²) in [5.74, 6) is 1.47. The van der Waals surface area contributed by atoms with Crippen LogP contribution in [0.3, 0.4) is 0 Å². The summed E-state index contributed by atoms with van der Waals surface area (Å²) in [4.78, 5) is 0. The van der Waals surface area contributed by atoms with E-state index in [9.17, 15) is 0 Å². The Morgan fingerprint density at radius 2 is 2.14 bits per heavy atom. The summed E-state index contributed by atoms with van der Waals surface area (Å²) in [7, 11) is 0. The summed E-state index contributed by atoms with van der Waals surface area (Å²) >= 11 is 11.3. The number of rotatable bonds is 8. The fraction of sp³-hybridized carbons (Fsp3) is 0.818. The SMILES string of the molecule is CCCC(CCCl)CNCC(C)=CCl. The molecule has 0 radical (unpaired) electrons. The minimum atomic E-state index is 0.709. The molecular formula is C11H21Cl2N. The maximum absolute atomic E-state index is 5.74. The van der Waals surface area contributed by atoms with Gasteiger partial charge in [0.05, 0.1) is 0 Å².